The van der Waals surface area contributed by atoms with E-state index in [9.17, 15) is 9.59 Å². The fourth-order valence-electron chi connectivity index (χ4n) is 3.41. The highest BCUT2D eigenvalue weighted by Gasteiger charge is 2.49. The summed E-state index contributed by atoms with van der Waals surface area (Å²) in [6.45, 7) is 13.0. The first-order valence-corrected chi connectivity index (χ1v) is 8.46. The summed E-state index contributed by atoms with van der Waals surface area (Å²) in [5.74, 6) is 0.678. The third-order valence-corrected chi connectivity index (χ3v) is 4.77. The average molecular weight is 296 g/mol. The molecule has 0 spiro atoms. The lowest BCUT2D eigenvalue weighted by molar-refractivity contribution is -0.158. The standard InChI is InChI=1S/C17H32N2O2/c1-7-10-13(6)11-19-14(12(4)5)15(20)18-17(8-2,9-3)16(19)21/h12-14H,7-11H2,1-6H3,(H,18,20). The van der Waals surface area contributed by atoms with Crippen LogP contribution in [0.25, 0.3) is 0 Å². The van der Waals surface area contributed by atoms with Crippen molar-refractivity contribution in [3.63, 3.8) is 0 Å². The van der Waals surface area contributed by atoms with E-state index >= 15 is 0 Å². The van der Waals surface area contributed by atoms with Crippen LogP contribution < -0.4 is 5.32 Å². The topological polar surface area (TPSA) is 49.4 Å². The third kappa shape index (κ3) is 3.58. The highest BCUT2D eigenvalue weighted by Crippen LogP contribution is 2.29. The molecular formula is C17H32N2O2. The van der Waals surface area contributed by atoms with Crippen molar-refractivity contribution in [2.45, 2.75) is 78.8 Å². The summed E-state index contributed by atoms with van der Waals surface area (Å²) in [5.41, 5.74) is -0.700. The Bertz CT molecular complexity index is 375. The van der Waals surface area contributed by atoms with Gasteiger partial charge in [-0.15, -0.1) is 0 Å². The van der Waals surface area contributed by atoms with Crippen LogP contribution in [0.15, 0.2) is 0 Å². The molecule has 122 valence electrons. The normalized spacial score (nSPS) is 23.4. The van der Waals surface area contributed by atoms with Crippen molar-refractivity contribution < 1.29 is 9.59 Å². The third-order valence-electron chi connectivity index (χ3n) is 4.77. The van der Waals surface area contributed by atoms with Crippen molar-refractivity contribution in [3.8, 4) is 0 Å². The van der Waals surface area contributed by atoms with Gasteiger partial charge in [-0.1, -0.05) is 48.0 Å². The van der Waals surface area contributed by atoms with Gasteiger partial charge in [-0.2, -0.15) is 0 Å². The molecule has 0 bridgehead atoms. The summed E-state index contributed by atoms with van der Waals surface area (Å²) in [6.07, 6.45) is 3.49. The molecule has 2 unspecified atom stereocenters. The predicted octanol–water partition coefficient (Wildman–Crippen LogP) is 2.96. The Morgan fingerprint density at radius 1 is 1.14 bits per heavy atom. The van der Waals surface area contributed by atoms with Crippen molar-refractivity contribution in [2.75, 3.05) is 6.54 Å². The Kier molecular flexibility index (Phi) is 6.24. The van der Waals surface area contributed by atoms with Gasteiger partial charge in [0.05, 0.1) is 0 Å². The Morgan fingerprint density at radius 2 is 1.71 bits per heavy atom. The molecule has 2 amide bonds. The van der Waals surface area contributed by atoms with E-state index in [-0.39, 0.29) is 23.8 Å². The number of hydrogen-bond acceptors (Lipinski definition) is 2. The second-order valence-corrected chi connectivity index (χ2v) is 6.82. The van der Waals surface area contributed by atoms with E-state index in [1.807, 2.05) is 32.6 Å². The molecule has 1 heterocycles. The molecule has 0 aromatic heterocycles. The highest BCUT2D eigenvalue weighted by atomic mass is 16.2. The first-order valence-electron chi connectivity index (χ1n) is 8.46. The zero-order chi connectivity index (χ0) is 16.2. The number of amides is 2. The quantitative estimate of drug-likeness (QED) is 0.785. The van der Waals surface area contributed by atoms with Crippen molar-refractivity contribution >= 4 is 11.8 Å². The number of carbonyl (C=O) groups is 2. The monoisotopic (exact) mass is 296 g/mol. The summed E-state index contributed by atoms with van der Waals surface area (Å²) < 4.78 is 0. The summed E-state index contributed by atoms with van der Waals surface area (Å²) in [7, 11) is 0. The molecule has 1 aliphatic heterocycles. The minimum atomic E-state index is -0.700. The molecule has 0 radical (unpaired) electrons. The minimum absolute atomic E-state index is 0.0111. The number of hydrogen-bond donors (Lipinski definition) is 1. The maximum Gasteiger partial charge on any atom is 0.249 e. The van der Waals surface area contributed by atoms with Crippen molar-refractivity contribution in [3.05, 3.63) is 0 Å². The fraction of sp³-hybridized carbons (Fsp3) is 0.882. The fourth-order valence-corrected chi connectivity index (χ4v) is 3.41. The highest BCUT2D eigenvalue weighted by molar-refractivity contribution is 5.99. The van der Waals surface area contributed by atoms with E-state index in [4.69, 9.17) is 0 Å². The number of nitrogens with zero attached hydrogens (tertiary/aromatic N) is 1. The molecule has 4 nitrogen and oxygen atoms in total. The second kappa shape index (κ2) is 7.28. The Hall–Kier alpha value is -1.06. The molecule has 0 saturated carbocycles. The average Bonchev–Trinajstić information content (AvgIpc) is 2.42. The number of piperazine rings is 1. The van der Waals surface area contributed by atoms with Crippen LogP contribution in [-0.4, -0.2) is 34.8 Å². The molecule has 1 N–H and O–H groups in total. The molecular weight excluding hydrogens is 264 g/mol. The smallest absolute Gasteiger partial charge is 0.249 e. The van der Waals surface area contributed by atoms with E-state index in [0.717, 1.165) is 12.8 Å². The lowest BCUT2D eigenvalue weighted by Gasteiger charge is -2.47. The van der Waals surface area contributed by atoms with Crippen LogP contribution in [0.5, 0.6) is 0 Å². The van der Waals surface area contributed by atoms with Crippen LogP contribution in [0.3, 0.4) is 0 Å². The maximum atomic E-state index is 13.0. The van der Waals surface area contributed by atoms with Crippen LogP contribution in [0.2, 0.25) is 0 Å². The number of carbonyl (C=O) groups excluding carboxylic acids is 2. The van der Waals surface area contributed by atoms with Crippen LogP contribution in [0.1, 0.15) is 67.2 Å². The van der Waals surface area contributed by atoms with Gasteiger partial charge in [0.1, 0.15) is 11.6 Å². The van der Waals surface area contributed by atoms with Gasteiger partial charge in [-0.3, -0.25) is 9.59 Å². The van der Waals surface area contributed by atoms with Crippen LogP contribution in [-0.2, 0) is 9.59 Å². The van der Waals surface area contributed by atoms with Gasteiger partial charge >= 0.3 is 0 Å². The van der Waals surface area contributed by atoms with Crippen LogP contribution in [0, 0.1) is 11.8 Å². The molecule has 2 atom stereocenters. The zero-order valence-corrected chi connectivity index (χ0v) is 14.5. The molecule has 1 rings (SSSR count). The Balaban J connectivity index is 3.09. The van der Waals surface area contributed by atoms with E-state index in [2.05, 4.69) is 19.2 Å². The van der Waals surface area contributed by atoms with Gasteiger partial charge in [0, 0.05) is 6.54 Å². The molecule has 1 aliphatic rings. The van der Waals surface area contributed by atoms with E-state index in [0.29, 0.717) is 25.3 Å². The molecule has 21 heavy (non-hydrogen) atoms. The summed E-state index contributed by atoms with van der Waals surface area (Å²) in [5, 5.41) is 3.02. The summed E-state index contributed by atoms with van der Waals surface area (Å²) in [6, 6.07) is -0.331. The van der Waals surface area contributed by atoms with Gasteiger partial charge in [-0.05, 0) is 31.1 Å². The molecule has 1 fully saturated rings. The Morgan fingerprint density at radius 3 is 2.14 bits per heavy atom. The molecule has 4 heteroatoms. The van der Waals surface area contributed by atoms with Crippen molar-refractivity contribution in [1.82, 2.24) is 10.2 Å². The van der Waals surface area contributed by atoms with Gasteiger partial charge < -0.3 is 10.2 Å². The van der Waals surface area contributed by atoms with E-state index in [1.165, 1.54) is 0 Å². The summed E-state index contributed by atoms with van der Waals surface area (Å²) >= 11 is 0. The largest absolute Gasteiger partial charge is 0.340 e. The second-order valence-electron chi connectivity index (χ2n) is 6.82. The molecule has 0 aromatic carbocycles. The first-order chi connectivity index (χ1) is 9.82. The van der Waals surface area contributed by atoms with Gasteiger partial charge in [-0.25, -0.2) is 0 Å². The number of rotatable bonds is 7. The van der Waals surface area contributed by atoms with Crippen molar-refractivity contribution in [1.29, 1.82) is 0 Å². The number of nitrogens with one attached hydrogen (secondary N) is 1. The van der Waals surface area contributed by atoms with E-state index < -0.39 is 5.54 Å². The predicted molar refractivity (Wildman–Crippen MR) is 85.9 cm³/mol. The Labute approximate surface area is 129 Å². The zero-order valence-electron chi connectivity index (χ0n) is 14.5. The SMILES string of the molecule is CCCC(C)CN1C(=O)C(CC)(CC)NC(=O)C1C(C)C. The van der Waals surface area contributed by atoms with Crippen LogP contribution >= 0.6 is 0 Å². The molecule has 0 aromatic rings. The lowest BCUT2D eigenvalue weighted by Crippen LogP contribution is -2.71. The molecule has 1 saturated heterocycles. The minimum Gasteiger partial charge on any atom is -0.340 e. The maximum absolute atomic E-state index is 13.0. The lowest BCUT2D eigenvalue weighted by atomic mass is 9.84. The first kappa shape index (κ1) is 18.0. The van der Waals surface area contributed by atoms with Gasteiger partial charge in [0.25, 0.3) is 0 Å². The van der Waals surface area contributed by atoms with E-state index in [1.54, 1.807) is 0 Å². The van der Waals surface area contributed by atoms with Crippen molar-refractivity contribution in [2.24, 2.45) is 11.8 Å². The van der Waals surface area contributed by atoms with Gasteiger partial charge in [0.2, 0.25) is 11.8 Å². The van der Waals surface area contributed by atoms with Gasteiger partial charge in [0.15, 0.2) is 0 Å². The van der Waals surface area contributed by atoms with Crippen LogP contribution in [0.4, 0.5) is 0 Å². The summed E-state index contributed by atoms with van der Waals surface area (Å²) in [4.78, 5) is 27.4. The molecule has 0 aliphatic carbocycles.